The Morgan fingerprint density at radius 1 is 1.50 bits per heavy atom. The first kappa shape index (κ1) is 9.10. The van der Waals surface area contributed by atoms with Gasteiger partial charge in [0, 0.05) is 12.6 Å². The van der Waals surface area contributed by atoms with Crippen molar-refractivity contribution >= 4 is 5.88 Å². The first-order chi connectivity index (χ1) is 5.83. The summed E-state index contributed by atoms with van der Waals surface area (Å²) in [6, 6.07) is 1.91. The Balaban J connectivity index is 2.15. The van der Waals surface area contributed by atoms with Crippen LogP contribution in [0.2, 0.25) is 0 Å². The molecule has 3 heteroatoms. The van der Waals surface area contributed by atoms with Crippen LogP contribution in [0.25, 0.3) is 0 Å². The van der Waals surface area contributed by atoms with Gasteiger partial charge in [-0.05, 0) is 13.3 Å². The van der Waals surface area contributed by atoms with Crippen LogP contribution in [0.1, 0.15) is 31.9 Å². The maximum absolute atomic E-state index is 4.98. The van der Waals surface area contributed by atoms with Crippen LogP contribution in [0.3, 0.4) is 0 Å². The number of nitrogens with zero attached hydrogens (tertiary/aromatic N) is 1. The summed E-state index contributed by atoms with van der Waals surface area (Å²) < 4.78 is 4.98. The second kappa shape index (κ2) is 4.80. The van der Waals surface area contributed by atoms with E-state index in [1.165, 1.54) is 19.3 Å². The van der Waals surface area contributed by atoms with Gasteiger partial charge in [-0.25, -0.2) is 0 Å². The first-order valence-corrected chi connectivity index (χ1v) is 4.50. The zero-order valence-electron chi connectivity index (χ0n) is 7.76. The number of nitrogens with one attached hydrogen (secondary N) is 1. The molecule has 1 aromatic rings. The van der Waals surface area contributed by atoms with E-state index < -0.39 is 0 Å². The monoisotopic (exact) mass is 168 g/mol. The molecular weight excluding hydrogens is 152 g/mol. The summed E-state index contributed by atoms with van der Waals surface area (Å²) in [6.07, 6.45) is 3.70. The number of anilines is 1. The molecule has 0 saturated carbocycles. The topological polar surface area (TPSA) is 38.1 Å². The van der Waals surface area contributed by atoms with Crippen molar-refractivity contribution in [3.8, 4) is 0 Å². The van der Waals surface area contributed by atoms with E-state index in [1.807, 2.05) is 13.0 Å². The van der Waals surface area contributed by atoms with Crippen molar-refractivity contribution in [3.05, 3.63) is 11.8 Å². The van der Waals surface area contributed by atoms with E-state index >= 15 is 0 Å². The molecule has 1 rings (SSSR count). The van der Waals surface area contributed by atoms with E-state index in [2.05, 4.69) is 17.4 Å². The van der Waals surface area contributed by atoms with Gasteiger partial charge >= 0.3 is 0 Å². The molecule has 1 N–H and O–H groups in total. The lowest BCUT2D eigenvalue weighted by Gasteiger charge is -1.99. The molecular formula is C9H16N2O. The Morgan fingerprint density at radius 2 is 2.33 bits per heavy atom. The van der Waals surface area contributed by atoms with Crippen molar-refractivity contribution in [3.63, 3.8) is 0 Å². The third kappa shape index (κ3) is 2.95. The molecule has 0 aliphatic rings. The zero-order valence-corrected chi connectivity index (χ0v) is 7.76. The molecule has 0 saturated heterocycles. The largest absolute Gasteiger partial charge is 0.354 e. The fourth-order valence-electron chi connectivity index (χ4n) is 1.03. The normalized spacial score (nSPS) is 10.2. The predicted molar refractivity (Wildman–Crippen MR) is 49.3 cm³/mol. The van der Waals surface area contributed by atoms with Gasteiger partial charge in [-0.15, -0.1) is 0 Å². The highest BCUT2D eigenvalue weighted by Gasteiger charge is 1.97. The van der Waals surface area contributed by atoms with E-state index in [0.29, 0.717) is 0 Å². The van der Waals surface area contributed by atoms with Gasteiger partial charge in [0.15, 0.2) is 0 Å². The highest BCUT2D eigenvalue weighted by molar-refractivity contribution is 5.30. The molecule has 0 aromatic carbocycles. The number of aromatic nitrogens is 1. The van der Waals surface area contributed by atoms with E-state index in [1.54, 1.807) is 0 Å². The predicted octanol–water partition coefficient (Wildman–Crippen LogP) is 2.59. The summed E-state index contributed by atoms with van der Waals surface area (Å²) in [5, 5.41) is 6.95. The van der Waals surface area contributed by atoms with Crippen molar-refractivity contribution in [2.24, 2.45) is 0 Å². The lowest BCUT2D eigenvalue weighted by molar-refractivity contribution is 0.426. The maximum atomic E-state index is 4.98. The van der Waals surface area contributed by atoms with Gasteiger partial charge in [-0.2, -0.15) is 0 Å². The van der Waals surface area contributed by atoms with Crippen LogP contribution in [0.5, 0.6) is 0 Å². The van der Waals surface area contributed by atoms with E-state index in [9.17, 15) is 0 Å². The van der Waals surface area contributed by atoms with Crippen LogP contribution in [0.4, 0.5) is 5.88 Å². The van der Waals surface area contributed by atoms with Crippen LogP contribution in [0.15, 0.2) is 10.6 Å². The second-order valence-corrected chi connectivity index (χ2v) is 2.97. The molecule has 1 aromatic heterocycles. The third-order valence-electron chi connectivity index (χ3n) is 1.71. The Kier molecular flexibility index (Phi) is 3.64. The highest BCUT2D eigenvalue weighted by atomic mass is 16.5. The summed E-state index contributed by atoms with van der Waals surface area (Å²) >= 11 is 0. The number of hydrogen-bond donors (Lipinski definition) is 1. The summed E-state index contributed by atoms with van der Waals surface area (Å²) in [4.78, 5) is 0. The van der Waals surface area contributed by atoms with Gasteiger partial charge < -0.3 is 9.84 Å². The fraction of sp³-hybridized carbons (Fsp3) is 0.667. The molecule has 1 heterocycles. The zero-order chi connectivity index (χ0) is 8.81. The summed E-state index contributed by atoms with van der Waals surface area (Å²) in [5.74, 6) is 0.781. The molecule has 0 amide bonds. The first-order valence-electron chi connectivity index (χ1n) is 4.50. The number of unbranched alkanes of at least 4 members (excludes halogenated alkanes) is 2. The minimum Gasteiger partial charge on any atom is -0.354 e. The van der Waals surface area contributed by atoms with Crippen LogP contribution < -0.4 is 5.32 Å². The molecule has 0 bridgehead atoms. The van der Waals surface area contributed by atoms with Crippen LogP contribution in [0, 0.1) is 6.92 Å². The van der Waals surface area contributed by atoms with Gasteiger partial charge in [0.2, 0.25) is 5.88 Å². The van der Waals surface area contributed by atoms with E-state index in [0.717, 1.165) is 18.1 Å². The Labute approximate surface area is 73.1 Å². The molecule has 0 aliphatic heterocycles. The lowest BCUT2D eigenvalue weighted by Crippen LogP contribution is -1.99. The minimum absolute atomic E-state index is 0.781. The van der Waals surface area contributed by atoms with Crippen molar-refractivity contribution in [1.29, 1.82) is 0 Å². The highest BCUT2D eigenvalue weighted by Crippen LogP contribution is 2.08. The van der Waals surface area contributed by atoms with Crippen LogP contribution >= 0.6 is 0 Å². The maximum Gasteiger partial charge on any atom is 0.224 e. The van der Waals surface area contributed by atoms with Gasteiger partial charge in [0.1, 0.15) is 0 Å². The van der Waals surface area contributed by atoms with Gasteiger partial charge in [-0.1, -0.05) is 24.9 Å². The lowest BCUT2D eigenvalue weighted by atomic mass is 10.2. The number of hydrogen-bond acceptors (Lipinski definition) is 3. The smallest absolute Gasteiger partial charge is 0.224 e. The van der Waals surface area contributed by atoms with E-state index in [-0.39, 0.29) is 0 Å². The minimum atomic E-state index is 0.781. The summed E-state index contributed by atoms with van der Waals surface area (Å²) in [7, 11) is 0. The standard InChI is InChI=1S/C9H16N2O/c1-3-4-5-6-10-9-7-8(2)11-12-9/h7,10H,3-6H2,1-2H3. The van der Waals surface area contributed by atoms with Gasteiger partial charge in [0.25, 0.3) is 0 Å². The average molecular weight is 168 g/mol. The SMILES string of the molecule is CCCCCNc1cc(C)no1. The number of rotatable bonds is 5. The molecule has 0 unspecified atom stereocenters. The van der Waals surface area contributed by atoms with Crippen molar-refractivity contribution in [1.82, 2.24) is 5.16 Å². The Bertz CT molecular complexity index is 220. The van der Waals surface area contributed by atoms with Crippen molar-refractivity contribution in [2.75, 3.05) is 11.9 Å². The molecule has 0 fully saturated rings. The molecule has 0 spiro atoms. The fourth-order valence-corrected chi connectivity index (χ4v) is 1.03. The van der Waals surface area contributed by atoms with Gasteiger partial charge in [-0.3, -0.25) is 0 Å². The quantitative estimate of drug-likeness (QED) is 0.687. The van der Waals surface area contributed by atoms with Gasteiger partial charge in [0.05, 0.1) is 5.69 Å². The molecule has 3 nitrogen and oxygen atoms in total. The van der Waals surface area contributed by atoms with Crippen LogP contribution in [-0.2, 0) is 0 Å². The summed E-state index contributed by atoms with van der Waals surface area (Å²) in [6.45, 7) is 5.09. The van der Waals surface area contributed by atoms with E-state index in [4.69, 9.17) is 4.52 Å². The summed E-state index contributed by atoms with van der Waals surface area (Å²) in [5.41, 5.74) is 0.924. The number of aryl methyl sites for hydroxylation is 1. The Hall–Kier alpha value is -0.990. The van der Waals surface area contributed by atoms with Crippen LogP contribution in [-0.4, -0.2) is 11.7 Å². The molecule has 0 radical (unpaired) electrons. The molecule has 12 heavy (non-hydrogen) atoms. The Morgan fingerprint density at radius 3 is 2.92 bits per heavy atom. The second-order valence-electron chi connectivity index (χ2n) is 2.97. The molecule has 68 valence electrons. The molecule has 0 atom stereocenters. The molecule has 0 aliphatic carbocycles. The average Bonchev–Trinajstić information content (AvgIpc) is 2.45. The van der Waals surface area contributed by atoms with Crippen molar-refractivity contribution in [2.45, 2.75) is 33.1 Å². The van der Waals surface area contributed by atoms with Crippen molar-refractivity contribution < 1.29 is 4.52 Å². The third-order valence-corrected chi connectivity index (χ3v) is 1.71.